The third kappa shape index (κ3) is 3.97. The summed E-state index contributed by atoms with van der Waals surface area (Å²) < 4.78 is 81.3. The SMILES string of the molecule is CC(C(=O)Nc1c(C(O)(C(F)(F)F)C(F)(F)F)ccc2ccccc12)c1ccccc1. The van der Waals surface area contributed by atoms with Crippen molar-refractivity contribution in [2.24, 2.45) is 0 Å². The van der Waals surface area contributed by atoms with Gasteiger partial charge in [-0.15, -0.1) is 0 Å². The molecule has 1 atom stereocenters. The average molecular weight is 441 g/mol. The summed E-state index contributed by atoms with van der Waals surface area (Å²) in [4.78, 5) is 12.8. The van der Waals surface area contributed by atoms with Crippen molar-refractivity contribution in [3.8, 4) is 0 Å². The highest BCUT2D eigenvalue weighted by atomic mass is 19.4. The van der Waals surface area contributed by atoms with E-state index in [0.717, 1.165) is 6.07 Å². The summed E-state index contributed by atoms with van der Waals surface area (Å²) in [6, 6.07) is 15.5. The first-order valence-electron chi connectivity index (χ1n) is 9.12. The van der Waals surface area contributed by atoms with Gasteiger partial charge in [-0.1, -0.05) is 66.7 Å². The molecule has 0 aliphatic carbocycles. The van der Waals surface area contributed by atoms with Gasteiger partial charge in [0.05, 0.1) is 11.6 Å². The minimum absolute atomic E-state index is 0.0689. The molecular formula is C22H17F6NO2. The van der Waals surface area contributed by atoms with Crippen LogP contribution in [-0.2, 0) is 10.4 Å². The molecule has 31 heavy (non-hydrogen) atoms. The molecule has 0 bridgehead atoms. The van der Waals surface area contributed by atoms with Crippen LogP contribution >= 0.6 is 0 Å². The van der Waals surface area contributed by atoms with Crippen LogP contribution in [0.25, 0.3) is 10.8 Å². The molecule has 0 aliphatic rings. The number of nitrogens with one attached hydrogen (secondary N) is 1. The van der Waals surface area contributed by atoms with Crippen molar-refractivity contribution >= 4 is 22.4 Å². The Kier molecular flexibility index (Phi) is 5.75. The highest BCUT2D eigenvalue weighted by Gasteiger charge is 2.72. The second-order valence-electron chi connectivity index (χ2n) is 7.04. The standard InChI is InChI=1S/C22H17F6NO2/c1-13(14-7-3-2-4-8-14)19(30)29-18-16-10-6-5-9-15(16)11-12-17(18)20(31,21(23,24)25)22(26,27)28/h2-13,31H,1H3,(H,29,30). The molecule has 164 valence electrons. The van der Waals surface area contributed by atoms with E-state index in [1.807, 2.05) is 0 Å². The number of carbonyl (C=O) groups is 1. The second kappa shape index (κ2) is 7.88. The molecular weight excluding hydrogens is 424 g/mol. The number of amides is 1. The number of benzene rings is 3. The van der Waals surface area contributed by atoms with Gasteiger partial charge in [-0.05, 0) is 17.9 Å². The molecule has 0 saturated carbocycles. The lowest BCUT2D eigenvalue weighted by Crippen LogP contribution is -2.54. The van der Waals surface area contributed by atoms with Gasteiger partial charge in [0.25, 0.3) is 5.60 Å². The number of carbonyl (C=O) groups excluding carboxylic acids is 1. The summed E-state index contributed by atoms with van der Waals surface area (Å²) in [5, 5.41) is 12.4. The first-order valence-corrected chi connectivity index (χ1v) is 9.12. The first kappa shape index (κ1) is 22.6. The molecule has 0 spiro atoms. The average Bonchev–Trinajstić information content (AvgIpc) is 2.71. The zero-order valence-electron chi connectivity index (χ0n) is 16.1. The van der Waals surface area contributed by atoms with Gasteiger partial charge in [-0.3, -0.25) is 4.79 Å². The Hall–Kier alpha value is -3.07. The van der Waals surface area contributed by atoms with Gasteiger partial charge in [0.2, 0.25) is 5.91 Å². The maximum absolute atomic E-state index is 13.5. The summed E-state index contributed by atoms with van der Waals surface area (Å²) in [5.74, 6) is -1.70. The van der Waals surface area contributed by atoms with E-state index in [9.17, 15) is 36.2 Å². The summed E-state index contributed by atoms with van der Waals surface area (Å²) in [6.07, 6.45) is -12.2. The highest BCUT2D eigenvalue weighted by molar-refractivity contribution is 6.05. The Bertz CT molecular complexity index is 1080. The molecule has 0 radical (unpaired) electrons. The Balaban J connectivity index is 2.21. The lowest BCUT2D eigenvalue weighted by atomic mass is 9.88. The lowest BCUT2D eigenvalue weighted by molar-refractivity contribution is -0.375. The van der Waals surface area contributed by atoms with E-state index in [1.165, 1.54) is 25.1 Å². The van der Waals surface area contributed by atoms with E-state index in [4.69, 9.17) is 0 Å². The van der Waals surface area contributed by atoms with Gasteiger partial charge in [0.1, 0.15) is 0 Å². The monoisotopic (exact) mass is 441 g/mol. The predicted octanol–water partition coefficient (Wildman–Crippen LogP) is 5.89. The van der Waals surface area contributed by atoms with Crippen molar-refractivity contribution in [2.75, 3.05) is 5.32 Å². The van der Waals surface area contributed by atoms with Crippen molar-refractivity contribution in [3.63, 3.8) is 0 Å². The van der Waals surface area contributed by atoms with E-state index < -0.39 is 41.0 Å². The zero-order valence-corrected chi connectivity index (χ0v) is 16.1. The molecule has 0 aromatic heterocycles. The molecule has 0 fully saturated rings. The smallest absolute Gasteiger partial charge is 0.369 e. The molecule has 2 N–H and O–H groups in total. The Morgan fingerprint density at radius 1 is 0.839 bits per heavy atom. The minimum atomic E-state index is -6.09. The van der Waals surface area contributed by atoms with Gasteiger partial charge in [-0.25, -0.2) is 0 Å². The minimum Gasteiger partial charge on any atom is -0.369 e. The molecule has 1 amide bonds. The number of fused-ring (bicyclic) bond motifs is 1. The fraction of sp³-hybridized carbons (Fsp3) is 0.227. The number of hydrogen-bond acceptors (Lipinski definition) is 2. The van der Waals surface area contributed by atoms with E-state index in [-0.39, 0.29) is 5.39 Å². The Morgan fingerprint density at radius 2 is 1.39 bits per heavy atom. The molecule has 9 heteroatoms. The van der Waals surface area contributed by atoms with Gasteiger partial charge in [-0.2, -0.15) is 26.3 Å². The number of alkyl halides is 6. The van der Waals surface area contributed by atoms with Gasteiger partial charge in [0.15, 0.2) is 0 Å². The number of halogens is 6. The van der Waals surface area contributed by atoms with Crippen LogP contribution in [-0.4, -0.2) is 23.4 Å². The van der Waals surface area contributed by atoms with Crippen molar-refractivity contribution in [1.29, 1.82) is 0 Å². The van der Waals surface area contributed by atoms with Crippen molar-refractivity contribution < 1.29 is 36.2 Å². The summed E-state index contributed by atoms with van der Waals surface area (Å²) in [7, 11) is 0. The van der Waals surface area contributed by atoms with Crippen LogP contribution in [0.3, 0.4) is 0 Å². The topological polar surface area (TPSA) is 49.3 Å². The number of anilines is 1. The van der Waals surface area contributed by atoms with Crippen molar-refractivity contribution in [2.45, 2.75) is 30.8 Å². The maximum Gasteiger partial charge on any atom is 0.430 e. The molecule has 0 saturated heterocycles. The third-order valence-corrected chi connectivity index (χ3v) is 5.08. The van der Waals surface area contributed by atoms with Crippen LogP contribution in [0.2, 0.25) is 0 Å². The van der Waals surface area contributed by atoms with Gasteiger partial charge >= 0.3 is 12.4 Å². The second-order valence-corrected chi connectivity index (χ2v) is 7.04. The first-order chi connectivity index (χ1) is 14.4. The maximum atomic E-state index is 13.5. The van der Waals surface area contributed by atoms with Crippen LogP contribution in [0.1, 0.15) is 24.0 Å². The molecule has 1 unspecified atom stereocenters. The quantitative estimate of drug-likeness (QED) is 0.496. The molecule has 0 aliphatic heterocycles. The number of hydrogen-bond donors (Lipinski definition) is 2. The van der Waals surface area contributed by atoms with Crippen LogP contribution in [0.15, 0.2) is 66.7 Å². The van der Waals surface area contributed by atoms with Gasteiger partial charge < -0.3 is 10.4 Å². The number of aliphatic hydroxyl groups is 1. The zero-order chi connectivity index (χ0) is 23.0. The summed E-state index contributed by atoms with van der Waals surface area (Å²) in [6.45, 7) is 1.47. The lowest BCUT2D eigenvalue weighted by Gasteiger charge is -2.34. The fourth-order valence-corrected chi connectivity index (χ4v) is 3.30. The van der Waals surface area contributed by atoms with E-state index in [1.54, 1.807) is 36.4 Å². The number of rotatable bonds is 4. The van der Waals surface area contributed by atoms with Crippen molar-refractivity contribution in [1.82, 2.24) is 0 Å². The van der Waals surface area contributed by atoms with Crippen LogP contribution < -0.4 is 5.32 Å². The van der Waals surface area contributed by atoms with E-state index >= 15 is 0 Å². The predicted molar refractivity (Wildman–Crippen MR) is 103 cm³/mol. The molecule has 3 aromatic rings. The molecule has 3 aromatic carbocycles. The van der Waals surface area contributed by atoms with E-state index in [0.29, 0.717) is 17.0 Å². The van der Waals surface area contributed by atoms with Gasteiger partial charge in [0, 0.05) is 10.9 Å². The fourth-order valence-electron chi connectivity index (χ4n) is 3.30. The summed E-state index contributed by atoms with van der Waals surface area (Å²) in [5.41, 5.74) is -6.91. The third-order valence-electron chi connectivity index (χ3n) is 5.08. The molecule has 0 heterocycles. The largest absolute Gasteiger partial charge is 0.430 e. The van der Waals surface area contributed by atoms with Crippen LogP contribution in [0, 0.1) is 0 Å². The van der Waals surface area contributed by atoms with Crippen LogP contribution in [0.4, 0.5) is 32.0 Å². The molecule has 3 nitrogen and oxygen atoms in total. The van der Waals surface area contributed by atoms with Crippen LogP contribution in [0.5, 0.6) is 0 Å². The summed E-state index contributed by atoms with van der Waals surface area (Å²) >= 11 is 0. The van der Waals surface area contributed by atoms with E-state index in [2.05, 4.69) is 5.32 Å². The molecule has 3 rings (SSSR count). The normalized spacial score (nSPS) is 13.8. The highest BCUT2D eigenvalue weighted by Crippen LogP contribution is 2.53. The van der Waals surface area contributed by atoms with Crippen molar-refractivity contribution in [3.05, 3.63) is 77.9 Å². The Labute approximate surface area is 173 Å². The Morgan fingerprint density at radius 3 is 1.97 bits per heavy atom.